The maximum atomic E-state index is 11.3. The Hall–Kier alpha value is -1.91. The van der Waals surface area contributed by atoms with Gasteiger partial charge in [0.15, 0.2) is 0 Å². The van der Waals surface area contributed by atoms with E-state index >= 15 is 0 Å². The Labute approximate surface area is 93.5 Å². The standard InChI is InChI=1S/C11H14N2O3/c14-10(4-1-5-11(15)16)13-8-9-3-2-6-12-7-9/h2-3,6-7H,1,4-5,8H2,(H,13,14)(H,15,16)/p-1. The van der Waals surface area contributed by atoms with Crippen molar-refractivity contribution < 1.29 is 14.7 Å². The Morgan fingerprint density at radius 2 is 2.19 bits per heavy atom. The van der Waals surface area contributed by atoms with E-state index < -0.39 is 5.97 Å². The highest BCUT2D eigenvalue weighted by atomic mass is 16.4. The molecule has 0 aliphatic carbocycles. The van der Waals surface area contributed by atoms with Gasteiger partial charge in [0.05, 0.1) is 0 Å². The molecule has 0 aromatic carbocycles. The largest absolute Gasteiger partial charge is 0.550 e. The summed E-state index contributed by atoms with van der Waals surface area (Å²) in [6, 6.07) is 3.64. The van der Waals surface area contributed by atoms with Gasteiger partial charge < -0.3 is 15.2 Å². The van der Waals surface area contributed by atoms with Crippen LogP contribution in [0.1, 0.15) is 24.8 Å². The van der Waals surface area contributed by atoms with Crippen molar-refractivity contribution in [3.05, 3.63) is 30.1 Å². The van der Waals surface area contributed by atoms with Crippen LogP contribution in [-0.2, 0) is 16.1 Å². The Balaban J connectivity index is 2.18. The molecule has 0 aliphatic heterocycles. The zero-order valence-electron chi connectivity index (χ0n) is 8.81. The molecule has 5 nitrogen and oxygen atoms in total. The van der Waals surface area contributed by atoms with Crippen molar-refractivity contribution >= 4 is 11.9 Å². The quantitative estimate of drug-likeness (QED) is 0.709. The van der Waals surface area contributed by atoms with E-state index in [0.29, 0.717) is 13.0 Å². The molecule has 0 fully saturated rings. The first-order valence-corrected chi connectivity index (χ1v) is 5.04. The van der Waals surface area contributed by atoms with Gasteiger partial charge in [0.1, 0.15) is 0 Å². The second-order valence-corrected chi connectivity index (χ2v) is 3.36. The number of hydrogen-bond donors (Lipinski definition) is 1. The van der Waals surface area contributed by atoms with Gasteiger partial charge in [-0.1, -0.05) is 6.07 Å². The smallest absolute Gasteiger partial charge is 0.220 e. The average Bonchev–Trinajstić information content (AvgIpc) is 2.27. The van der Waals surface area contributed by atoms with Crippen LogP contribution in [-0.4, -0.2) is 16.9 Å². The second kappa shape index (κ2) is 6.55. The third-order valence-corrected chi connectivity index (χ3v) is 2.00. The summed E-state index contributed by atoms with van der Waals surface area (Å²) in [6.45, 7) is 0.415. The number of carboxylic acids is 1. The lowest BCUT2D eigenvalue weighted by Crippen LogP contribution is -2.25. The van der Waals surface area contributed by atoms with Crippen LogP contribution in [0.4, 0.5) is 0 Å². The minimum absolute atomic E-state index is 0.0830. The number of carbonyl (C=O) groups excluding carboxylic acids is 2. The molecule has 0 atom stereocenters. The first kappa shape index (κ1) is 12.2. The molecular formula is C11H13N2O3-. The highest BCUT2D eigenvalue weighted by Gasteiger charge is 2.00. The fourth-order valence-electron chi connectivity index (χ4n) is 1.19. The van der Waals surface area contributed by atoms with Crippen LogP contribution in [0.15, 0.2) is 24.5 Å². The summed E-state index contributed by atoms with van der Waals surface area (Å²) < 4.78 is 0. The number of nitrogens with one attached hydrogen (secondary N) is 1. The normalized spacial score (nSPS) is 9.75. The fourth-order valence-corrected chi connectivity index (χ4v) is 1.19. The molecule has 1 aromatic heterocycles. The highest BCUT2D eigenvalue weighted by molar-refractivity contribution is 5.76. The molecule has 0 radical (unpaired) electrons. The number of rotatable bonds is 6. The molecule has 1 aromatic rings. The molecule has 16 heavy (non-hydrogen) atoms. The molecule has 1 N–H and O–H groups in total. The van der Waals surface area contributed by atoms with Crippen molar-refractivity contribution in [3.8, 4) is 0 Å². The van der Waals surface area contributed by atoms with E-state index in [1.807, 2.05) is 6.07 Å². The fraction of sp³-hybridized carbons (Fsp3) is 0.364. The van der Waals surface area contributed by atoms with E-state index in [4.69, 9.17) is 0 Å². The van der Waals surface area contributed by atoms with Crippen molar-refractivity contribution in [2.45, 2.75) is 25.8 Å². The van der Waals surface area contributed by atoms with Crippen molar-refractivity contribution in [3.63, 3.8) is 0 Å². The summed E-state index contributed by atoms with van der Waals surface area (Å²) in [5.41, 5.74) is 0.913. The van der Waals surface area contributed by atoms with Crippen molar-refractivity contribution in [1.29, 1.82) is 0 Å². The van der Waals surface area contributed by atoms with Crippen LogP contribution in [0.3, 0.4) is 0 Å². The van der Waals surface area contributed by atoms with Crippen LogP contribution in [0.25, 0.3) is 0 Å². The van der Waals surface area contributed by atoms with Gasteiger partial charge >= 0.3 is 0 Å². The molecular weight excluding hydrogens is 208 g/mol. The second-order valence-electron chi connectivity index (χ2n) is 3.36. The summed E-state index contributed by atoms with van der Waals surface area (Å²) in [4.78, 5) is 25.3. The maximum absolute atomic E-state index is 11.3. The predicted molar refractivity (Wildman–Crippen MR) is 54.9 cm³/mol. The highest BCUT2D eigenvalue weighted by Crippen LogP contribution is 1.97. The number of carbonyl (C=O) groups is 2. The Morgan fingerprint density at radius 1 is 1.38 bits per heavy atom. The summed E-state index contributed by atoms with van der Waals surface area (Å²) in [7, 11) is 0. The molecule has 0 saturated carbocycles. The van der Waals surface area contributed by atoms with Crippen LogP contribution in [0.2, 0.25) is 0 Å². The third kappa shape index (κ3) is 5.09. The van der Waals surface area contributed by atoms with Gasteiger partial charge in [0.2, 0.25) is 5.91 Å². The van der Waals surface area contributed by atoms with Gasteiger partial charge in [-0.2, -0.15) is 0 Å². The number of nitrogens with zero attached hydrogens (tertiary/aromatic N) is 1. The number of carboxylic acid groups (broad SMARTS) is 1. The summed E-state index contributed by atoms with van der Waals surface area (Å²) in [5, 5.41) is 12.8. The van der Waals surface area contributed by atoms with Crippen molar-refractivity contribution in [2.75, 3.05) is 0 Å². The summed E-state index contributed by atoms with van der Waals surface area (Å²) in [6.07, 6.45) is 3.75. The molecule has 1 amide bonds. The van der Waals surface area contributed by atoms with E-state index in [-0.39, 0.29) is 18.7 Å². The number of hydrogen-bond acceptors (Lipinski definition) is 4. The first-order chi connectivity index (χ1) is 7.68. The van der Waals surface area contributed by atoms with E-state index in [1.54, 1.807) is 18.5 Å². The lowest BCUT2D eigenvalue weighted by atomic mass is 10.2. The van der Waals surface area contributed by atoms with Crippen LogP contribution in [0.5, 0.6) is 0 Å². The van der Waals surface area contributed by atoms with Crippen LogP contribution >= 0.6 is 0 Å². The van der Waals surface area contributed by atoms with Gasteiger partial charge in [-0.05, 0) is 24.5 Å². The molecule has 0 bridgehead atoms. The molecule has 5 heteroatoms. The van der Waals surface area contributed by atoms with E-state index in [2.05, 4.69) is 10.3 Å². The number of aromatic nitrogens is 1. The molecule has 0 unspecified atom stereocenters. The molecule has 0 saturated heterocycles. The lowest BCUT2D eigenvalue weighted by molar-refractivity contribution is -0.305. The maximum Gasteiger partial charge on any atom is 0.220 e. The van der Waals surface area contributed by atoms with Gasteiger partial charge in [-0.3, -0.25) is 9.78 Å². The van der Waals surface area contributed by atoms with Gasteiger partial charge in [0.25, 0.3) is 0 Å². The number of aliphatic carboxylic acids is 1. The topological polar surface area (TPSA) is 82.1 Å². The van der Waals surface area contributed by atoms with E-state index in [0.717, 1.165) is 5.56 Å². The van der Waals surface area contributed by atoms with Crippen molar-refractivity contribution in [1.82, 2.24) is 10.3 Å². The molecule has 86 valence electrons. The Kier molecular flexibility index (Phi) is 4.98. The minimum Gasteiger partial charge on any atom is -0.550 e. The minimum atomic E-state index is -1.12. The zero-order valence-corrected chi connectivity index (χ0v) is 8.81. The van der Waals surface area contributed by atoms with Crippen LogP contribution in [0, 0.1) is 0 Å². The van der Waals surface area contributed by atoms with Gasteiger partial charge in [0, 0.05) is 31.3 Å². The number of pyridine rings is 1. The SMILES string of the molecule is O=C([O-])CCCC(=O)NCc1cccnc1. The number of amides is 1. The molecule has 1 rings (SSSR count). The summed E-state index contributed by atoms with van der Waals surface area (Å²) >= 11 is 0. The third-order valence-electron chi connectivity index (χ3n) is 2.00. The predicted octanol–water partition coefficient (Wildman–Crippen LogP) is -0.382. The van der Waals surface area contributed by atoms with Crippen LogP contribution < -0.4 is 10.4 Å². The Bertz CT molecular complexity index is 352. The lowest BCUT2D eigenvalue weighted by Gasteiger charge is -2.05. The molecule has 0 spiro atoms. The zero-order chi connectivity index (χ0) is 11.8. The van der Waals surface area contributed by atoms with E-state index in [1.165, 1.54) is 0 Å². The first-order valence-electron chi connectivity index (χ1n) is 5.04. The Morgan fingerprint density at radius 3 is 2.81 bits per heavy atom. The molecule has 0 aliphatic rings. The molecule has 1 heterocycles. The van der Waals surface area contributed by atoms with Gasteiger partial charge in [-0.25, -0.2) is 0 Å². The van der Waals surface area contributed by atoms with E-state index in [9.17, 15) is 14.7 Å². The van der Waals surface area contributed by atoms with Gasteiger partial charge in [-0.15, -0.1) is 0 Å². The monoisotopic (exact) mass is 221 g/mol. The van der Waals surface area contributed by atoms with Crippen molar-refractivity contribution in [2.24, 2.45) is 0 Å². The summed E-state index contributed by atoms with van der Waals surface area (Å²) in [5.74, 6) is -1.29. The average molecular weight is 221 g/mol.